The second kappa shape index (κ2) is 24.0. The summed E-state index contributed by atoms with van der Waals surface area (Å²) < 4.78 is 140. The van der Waals surface area contributed by atoms with Crippen molar-refractivity contribution in [2.75, 3.05) is 0 Å². The number of aryl methyl sites for hydroxylation is 8. The number of nitriles is 1. The van der Waals surface area contributed by atoms with Gasteiger partial charge in [-0.05, 0) is 220 Å². The van der Waals surface area contributed by atoms with Crippen molar-refractivity contribution in [2.45, 2.75) is 73.9 Å². The Hall–Kier alpha value is -12.3. The Balaban J connectivity index is 0.000000165. The van der Waals surface area contributed by atoms with Gasteiger partial charge in [-0.2, -0.15) is 44.8 Å². The summed E-state index contributed by atoms with van der Waals surface area (Å²) in [6.07, 6.45) is -14.3. The van der Waals surface area contributed by atoms with Gasteiger partial charge in [-0.1, -0.05) is 97.1 Å². The number of halogens is 9. The largest absolute Gasteiger partial charge is 0.416 e. The van der Waals surface area contributed by atoms with Crippen molar-refractivity contribution in [3.05, 3.63) is 296 Å². The Morgan fingerprint density at radius 2 is 0.490 bits per heavy atom. The van der Waals surface area contributed by atoms with Gasteiger partial charge >= 0.3 is 18.5 Å². The summed E-state index contributed by atoms with van der Waals surface area (Å²) in [4.78, 5) is 6.85. The van der Waals surface area contributed by atoms with Crippen molar-refractivity contribution < 1.29 is 39.5 Å². The maximum atomic E-state index is 15.2. The van der Waals surface area contributed by atoms with Gasteiger partial charge in [0.25, 0.3) is 0 Å². The summed E-state index contributed by atoms with van der Waals surface area (Å²) in [5, 5.41) is 17.6. The molecule has 0 saturated carbocycles. The first kappa shape index (κ1) is 65.6. The van der Waals surface area contributed by atoms with E-state index in [1.165, 1.54) is 12.1 Å². The summed E-state index contributed by atoms with van der Waals surface area (Å²) >= 11 is 0. The molecule has 0 spiro atoms. The van der Waals surface area contributed by atoms with Gasteiger partial charge in [-0.3, -0.25) is 0 Å². The fraction of sp³-hybridized carbons (Fsp3) is 0.128. The van der Waals surface area contributed by atoms with E-state index in [1.807, 2.05) is 152 Å². The Morgan fingerprint density at radius 3 is 0.686 bits per heavy atom. The molecule has 12 aromatic carbocycles. The number of nitrogens with zero attached hydrogens (tertiary/aromatic N) is 7. The molecule has 7 nitrogen and oxygen atoms in total. The van der Waals surface area contributed by atoms with Crippen molar-refractivity contribution in [2.24, 2.45) is 0 Å². The molecule has 0 fully saturated rings. The molecule has 0 amide bonds. The summed E-state index contributed by atoms with van der Waals surface area (Å²) in [6, 6.07) is 61.9. The molecule has 0 saturated heterocycles. The highest BCUT2D eigenvalue weighted by molar-refractivity contribution is 6.15. The number of rotatable bonds is 6. The highest BCUT2D eigenvalue weighted by Gasteiger charge is 2.37. The molecule has 16 heteroatoms. The number of hydrogen-bond donors (Lipinski definition) is 0. The summed E-state index contributed by atoms with van der Waals surface area (Å²) in [5.74, 6) is 0. The average Bonchev–Trinajstić information content (AvgIpc) is 1.52. The van der Waals surface area contributed by atoms with Crippen LogP contribution in [0, 0.1) is 79.9 Å². The van der Waals surface area contributed by atoms with Gasteiger partial charge in [-0.25, -0.2) is 9.69 Å². The maximum Gasteiger partial charge on any atom is 0.416 e. The van der Waals surface area contributed by atoms with Crippen LogP contribution in [0.3, 0.4) is 0 Å². The standard InChI is InChI=1S/C43H29F6N3.C43H29F3N4/c1-23-6-10-31-32-11-7-24(2)15-36(32)51(35(31)14-23)39-21-29(43(47,48)49)22-40(41(39)27-18-28(42(44,45)46)20-30(19-27)50-5)52-37-16-25(3)8-12-33(37)34-13-9-26(4)17-38(34)52;1-24-6-10-32-33-11-7-25(2)15-37(33)49(36(32)14-24)40-18-28(23-47)19-41(42(40)29-20-30(43(44,45)46)22-31(21-29)48-5)50-38-16-26(3)8-12-34(38)35-13-9-27(4)17-39(35)50/h6-22H,1-4H3;6-22H,1-4H3. The zero-order valence-corrected chi connectivity index (χ0v) is 56.2. The Kier molecular flexibility index (Phi) is 15.4. The fourth-order valence-corrected chi connectivity index (χ4v) is 14.7. The zero-order valence-electron chi connectivity index (χ0n) is 56.2. The van der Waals surface area contributed by atoms with Gasteiger partial charge in [0.15, 0.2) is 11.4 Å². The van der Waals surface area contributed by atoms with Gasteiger partial charge in [0.1, 0.15) is 0 Å². The molecule has 0 aliphatic rings. The van der Waals surface area contributed by atoms with E-state index in [9.17, 15) is 31.6 Å². The maximum absolute atomic E-state index is 15.2. The van der Waals surface area contributed by atoms with Gasteiger partial charge in [0.2, 0.25) is 0 Å². The van der Waals surface area contributed by atoms with Gasteiger partial charge in [-0.15, -0.1) is 0 Å². The smallest absolute Gasteiger partial charge is 0.309 e. The van der Waals surface area contributed by atoms with Gasteiger partial charge in [0.05, 0.1) is 97.2 Å². The second-order valence-electron chi connectivity index (χ2n) is 26.7. The summed E-state index contributed by atoms with van der Waals surface area (Å²) in [5.41, 5.74) is 12.2. The minimum atomic E-state index is -4.83. The van der Waals surface area contributed by atoms with Crippen LogP contribution in [0.1, 0.15) is 66.8 Å². The molecule has 16 aromatic rings. The minimum absolute atomic E-state index is 0.0339. The average molecular weight is 1360 g/mol. The molecular formula is C86H58F9N7. The van der Waals surface area contributed by atoms with E-state index in [4.69, 9.17) is 13.1 Å². The van der Waals surface area contributed by atoms with Crippen LogP contribution in [0.25, 0.3) is 142 Å². The van der Waals surface area contributed by atoms with Crippen LogP contribution in [-0.4, -0.2) is 18.3 Å². The van der Waals surface area contributed by atoms with Gasteiger partial charge in [0, 0.05) is 65.3 Å². The molecule has 500 valence electrons. The van der Waals surface area contributed by atoms with Crippen LogP contribution in [0.4, 0.5) is 50.9 Å². The molecule has 0 N–H and O–H groups in total. The number of aromatic nitrogens is 4. The zero-order chi connectivity index (χ0) is 71.9. The van der Waals surface area contributed by atoms with Crippen molar-refractivity contribution >= 4 is 98.6 Å². The first-order valence-electron chi connectivity index (χ1n) is 32.7. The van der Waals surface area contributed by atoms with E-state index in [0.29, 0.717) is 44.6 Å². The lowest BCUT2D eigenvalue weighted by Gasteiger charge is -2.23. The van der Waals surface area contributed by atoms with Crippen molar-refractivity contribution in [3.8, 4) is 51.1 Å². The monoisotopic (exact) mass is 1360 g/mol. The van der Waals surface area contributed by atoms with Crippen LogP contribution in [-0.2, 0) is 18.5 Å². The quantitative estimate of drug-likeness (QED) is 0.121. The van der Waals surface area contributed by atoms with Crippen LogP contribution in [0.15, 0.2) is 206 Å². The predicted octanol–water partition coefficient (Wildman–Crippen LogP) is 25.6. The SMILES string of the molecule is [C-]#[N+]c1cc(-c2c(-n3c4cc(C)ccc4c4ccc(C)cc43)cc(C#N)cc2-n2c3cc(C)ccc3c3ccc(C)cc32)cc(C(F)(F)F)c1.[C-]#[N+]c1cc(-c2c(-n3c4cc(C)ccc4c4ccc(C)cc43)cc(C(F)(F)F)cc2-n2c3cc(C)ccc3c3ccc(C)cc32)cc(C(F)(F)F)c1. The topological polar surface area (TPSA) is 52.2 Å². The molecule has 4 heterocycles. The van der Waals surface area contributed by atoms with Crippen LogP contribution >= 0.6 is 0 Å². The second-order valence-corrected chi connectivity index (χ2v) is 26.7. The normalized spacial score (nSPS) is 12.1. The third-order valence-corrected chi connectivity index (χ3v) is 19.3. The number of hydrogen-bond acceptors (Lipinski definition) is 1. The van der Waals surface area contributed by atoms with E-state index in [2.05, 4.69) is 73.4 Å². The van der Waals surface area contributed by atoms with E-state index < -0.39 is 35.2 Å². The molecule has 0 bridgehead atoms. The first-order valence-corrected chi connectivity index (χ1v) is 32.7. The van der Waals surface area contributed by atoms with E-state index in [1.54, 1.807) is 21.3 Å². The summed E-state index contributed by atoms with van der Waals surface area (Å²) in [6.45, 7) is 31.0. The van der Waals surface area contributed by atoms with E-state index in [-0.39, 0.29) is 39.4 Å². The molecule has 0 radical (unpaired) electrons. The highest BCUT2D eigenvalue weighted by Crippen LogP contribution is 2.50. The lowest BCUT2D eigenvalue weighted by molar-refractivity contribution is -0.138. The van der Waals surface area contributed by atoms with E-state index in [0.717, 1.165) is 146 Å². The third-order valence-electron chi connectivity index (χ3n) is 19.3. The Labute approximate surface area is 579 Å². The van der Waals surface area contributed by atoms with Crippen molar-refractivity contribution in [3.63, 3.8) is 0 Å². The van der Waals surface area contributed by atoms with Crippen molar-refractivity contribution in [1.29, 1.82) is 5.26 Å². The van der Waals surface area contributed by atoms with Crippen molar-refractivity contribution in [1.82, 2.24) is 18.3 Å². The fourth-order valence-electron chi connectivity index (χ4n) is 14.7. The molecular weight excluding hydrogens is 1300 g/mol. The molecule has 102 heavy (non-hydrogen) atoms. The molecule has 0 aliphatic heterocycles. The molecule has 0 aliphatic carbocycles. The molecule has 4 aromatic heterocycles. The lowest BCUT2D eigenvalue weighted by atomic mass is 9.95. The Morgan fingerprint density at radius 1 is 0.284 bits per heavy atom. The highest BCUT2D eigenvalue weighted by atomic mass is 19.4. The van der Waals surface area contributed by atoms with Crippen LogP contribution in [0.2, 0.25) is 0 Å². The molecule has 16 rings (SSSR count). The van der Waals surface area contributed by atoms with Crippen LogP contribution < -0.4 is 0 Å². The molecule has 0 unspecified atom stereocenters. The predicted molar refractivity (Wildman–Crippen MR) is 391 cm³/mol. The Bertz CT molecular complexity index is 5890. The lowest BCUT2D eigenvalue weighted by Crippen LogP contribution is -2.12. The van der Waals surface area contributed by atoms with Crippen LogP contribution in [0.5, 0.6) is 0 Å². The first-order chi connectivity index (χ1) is 48.6. The number of benzene rings is 12. The third kappa shape index (κ3) is 11.1. The number of fused-ring (bicyclic) bond motifs is 12. The van der Waals surface area contributed by atoms with E-state index >= 15 is 13.2 Å². The minimum Gasteiger partial charge on any atom is -0.309 e. The summed E-state index contributed by atoms with van der Waals surface area (Å²) in [7, 11) is 0. The van der Waals surface area contributed by atoms with Gasteiger partial charge < -0.3 is 18.3 Å². The number of alkyl halides is 9. The molecule has 0 atom stereocenters.